The second-order valence-electron chi connectivity index (χ2n) is 14.9. The Morgan fingerprint density at radius 2 is 1.30 bits per heavy atom. The van der Waals surface area contributed by atoms with Gasteiger partial charge in [0, 0.05) is 57.3 Å². The van der Waals surface area contributed by atoms with E-state index in [1.807, 2.05) is 74.5 Å². The Hall–Kier alpha value is -3.23. The van der Waals surface area contributed by atoms with Crippen LogP contribution in [-0.4, -0.2) is 60.5 Å². The third-order valence-corrected chi connectivity index (χ3v) is 11.2. The van der Waals surface area contributed by atoms with Crippen molar-refractivity contribution in [3.05, 3.63) is 71.8 Å². The number of hydrogen-bond donors (Lipinski definition) is 0. The van der Waals surface area contributed by atoms with Crippen molar-refractivity contribution in [1.82, 2.24) is 0 Å². The van der Waals surface area contributed by atoms with Crippen LogP contribution in [0.15, 0.2) is 60.7 Å². The third kappa shape index (κ3) is 9.97. The van der Waals surface area contributed by atoms with Gasteiger partial charge in [-0.1, -0.05) is 133 Å². The molecular formula is C42H61NO7. The maximum Gasteiger partial charge on any atom is 0.348 e. The second kappa shape index (κ2) is 20.0. The van der Waals surface area contributed by atoms with Crippen LogP contribution in [-0.2, 0) is 34.2 Å². The number of ether oxygens (including phenoxy) is 3. The summed E-state index contributed by atoms with van der Waals surface area (Å²) in [5.41, 5.74) is -0.219. The lowest BCUT2D eigenvalue weighted by Crippen LogP contribution is -2.60. The molecule has 3 atom stereocenters. The Bertz CT molecular complexity index is 1240. The molecule has 0 amide bonds. The number of carbonyl (C=O) groups excluding carboxylic acids is 3. The molecular weight excluding hydrogens is 630 g/mol. The molecule has 2 aromatic carbocycles. The lowest BCUT2D eigenvalue weighted by Gasteiger charge is -2.47. The average Bonchev–Trinajstić information content (AvgIpc) is 3.66. The molecule has 1 spiro atoms. The number of nitrogens with zero attached hydrogens (tertiary/aromatic N) is 1. The summed E-state index contributed by atoms with van der Waals surface area (Å²) < 4.78 is 20.7. The fourth-order valence-corrected chi connectivity index (χ4v) is 8.71. The van der Waals surface area contributed by atoms with E-state index in [0.717, 1.165) is 32.1 Å². The zero-order valence-electron chi connectivity index (χ0n) is 30.8. The smallest absolute Gasteiger partial charge is 0.348 e. The van der Waals surface area contributed by atoms with Gasteiger partial charge >= 0.3 is 11.9 Å². The molecule has 3 saturated heterocycles. The molecule has 0 aliphatic carbocycles. The zero-order valence-corrected chi connectivity index (χ0v) is 30.8. The average molecular weight is 692 g/mol. The summed E-state index contributed by atoms with van der Waals surface area (Å²) in [6.45, 7) is 8.24. The van der Waals surface area contributed by atoms with Gasteiger partial charge in [-0.15, -0.1) is 0 Å². The molecule has 50 heavy (non-hydrogen) atoms. The van der Waals surface area contributed by atoms with Crippen LogP contribution in [0.4, 0.5) is 0 Å². The second-order valence-corrected chi connectivity index (χ2v) is 14.9. The minimum atomic E-state index is -1.58. The molecule has 0 aromatic heterocycles. The number of piperidine rings is 1. The molecule has 3 aliphatic rings. The Morgan fingerprint density at radius 3 is 1.78 bits per heavy atom. The topological polar surface area (TPSA) is 102 Å². The van der Waals surface area contributed by atoms with Crippen LogP contribution in [0, 0.1) is 5.92 Å². The number of rotatable bonds is 18. The van der Waals surface area contributed by atoms with Crippen molar-refractivity contribution in [2.75, 3.05) is 13.1 Å². The number of quaternary nitrogens is 1. The van der Waals surface area contributed by atoms with Crippen LogP contribution in [0.25, 0.3) is 0 Å². The van der Waals surface area contributed by atoms with Gasteiger partial charge in [-0.05, 0) is 17.5 Å². The normalized spacial score (nSPS) is 21.3. The first-order chi connectivity index (χ1) is 24.3. The standard InChI is InChI=1S/C41H60NO5.CH2O2/c1-4-5-6-7-8-9-10-11-18-25-38(43)46-39(32(2)3)47-41(33-21-14-12-15-22-33,34-23-16-13-17-24-34)40(44)45-37-30-35-26-27-36(31-37)42(35)28-19-20-29-42;2-1-3/h12-17,21-24,32,35-37,39H,4-11,18-20,25-31H2,1-3H3;1H,(H,2,3)/q+1;/p-1. The van der Waals surface area contributed by atoms with Crippen LogP contribution in [0.5, 0.6) is 0 Å². The van der Waals surface area contributed by atoms with Crippen molar-refractivity contribution in [1.29, 1.82) is 0 Å². The van der Waals surface area contributed by atoms with Crippen molar-refractivity contribution in [3.8, 4) is 0 Å². The van der Waals surface area contributed by atoms with Crippen molar-refractivity contribution in [2.24, 2.45) is 5.92 Å². The molecule has 2 aromatic rings. The number of carbonyl (C=O) groups is 3. The highest BCUT2D eigenvalue weighted by Gasteiger charge is 2.57. The van der Waals surface area contributed by atoms with Gasteiger partial charge in [0.2, 0.25) is 11.9 Å². The number of benzene rings is 2. The molecule has 2 bridgehead atoms. The fraction of sp³-hybridized carbons (Fsp3) is 0.643. The summed E-state index contributed by atoms with van der Waals surface area (Å²) in [5, 5.41) is 8.25. The van der Waals surface area contributed by atoms with Gasteiger partial charge < -0.3 is 28.6 Å². The fourth-order valence-electron chi connectivity index (χ4n) is 8.71. The minimum absolute atomic E-state index is 0.147. The zero-order chi connectivity index (χ0) is 35.8. The highest BCUT2D eigenvalue weighted by molar-refractivity contribution is 5.86. The lowest BCUT2D eigenvalue weighted by molar-refractivity contribution is -0.956. The van der Waals surface area contributed by atoms with E-state index in [-0.39, 0.29) is 18.0 Å². The molecule has 3 aliphatic heterocycles. The maximum atomic E-state index is 14.8. The minimum Gasteiger partial charge on any atom is -0.554 e. The monoisotopic (exact) mass is 691 g/mol. The summed E-state index contributed by atoms with van der Waals surface area (Å²) in [6, 6.07) is 20.4. The summed E-state index contributed by atoms with van der Waals surface area (Å²) in [4.78, 5) is 36.2. The van der Waals surface area contributed by atoms with Crippen molar-refractivity contribution >= 4 is 18.4 Å². The Kier molecular flexibility index (Phi) is 15.8. The SMILES string of the molecule is CCCCCCCCCCCC(=O)OC(OC(C(=O)OC1CC2CCC(C1)[N+]21CCCC1)(c1ccccc1)c1ccccc1)C(C)C.O=C[O-]. The Balaban J connectivity index is 0.00000181. The molecule has 0 N–H and O–H groups in total. The Labute approximate surface area is 300 Å². The highest BCUT2D eigenvalue weighted by atomic mass is 16.7. The van der Waals surface area contributed by atoms with E-state index in [9.17, 15) is 9.59 Å². The quantitative estimate of drug-likeness (QED) is 0.0522. The van der Waals surface area contributed by atoms with Gasteiger partial charge in [-0.25, -0.2) is 4.79 Å². The molecule has 0 saturated carbocycles. The van der Waals surface area contributed by atoms with Crippen LogP contribution in [0.1, 0.15) is 135 Å². The number of hydrogen-bond acceptors (Lipinski definition) is 7. The molecule has 276 valence electrons. The van der Waals surface area contributed by atoms with Gasteiger partial charge in [-0.2, -0.15) is 0 Å². The van der Waals surface area contributed by atoms with E-state index in [4.69, 9.17) is 24.1 Å². The van der Waals surface area contributed by atoms with E-state index in [1.54, 1.807) is 0 Å². The summed E-state index contributed by atoms with van der Waals surface area (Å²) in [6.07, 6.45) is 16.8. The predicted molar refractivity (Wildman–Crippen MR) is 193 cm³/mol. The molecule has 3 heterocycles. The molecule has 5 rings (SSSR count). The van der Waals surface area contributed by atoms with E-state index in [2.05, 4.69) is 6.92 Å². The molecule has 8 nitrogen and oxygen atoms in total. The largest absolute Gasteiger partial charge is 0.554 e. The van der Waals surface area contributed by atoms with Gasteiger partial charge in [0.1, 0.15) is 6.10 Å². The predicted octanol–water partition coefficient (Wildman–Crippen LogP) is 7.61. The lowest BCUT2D eigenvalue weighted by atomic mass is 9.85. The van der Waals surface area contributed by atoms with Crippen molar-refractivity contribution in [3.63, 3.8) is 0 Å². The van der Waals surface area contributed by atoms with Gasteiger partial charge in [-0.3, -0.25) is 4.79 Å². The first-order valence-electron chi connectivity index (χ1n) is 19.4. The van der Waals surface area contributed by atoms with E-state index >= 15 is 0 Å². The van der Waals surface area contributed by atoms with Gasteiger partial charge in [0.05, 0.1) is 25.2 Å². The van der Waals surface area contributed by atoms with Crippen LogP contribution in [0.3, 0.4) is 0 Å². The first-order valence-corrected chi connectivity index (χ1v) is 19.4. The van der Waals surface area contributed by atoms with Gasteiger partial charge in [0.25, 0.3) is 0 Å². The van der Waals surface area contributed by atoms with Gasteiger partial charge in [0.15, 0.2) is 0 Å². The first kappa shape index (κ1) is 39.6. The maximum absolute atomic E-state index is 14.8. The number of unbranched alkanes of at least 4 members (excludes halogenated alkanes) is 8. The van der Waals surface area contributed by atoms with Crippen molar-refractivity contribution < 1.29 is 38.2 Å². The van der Waals surface area contributed by atoms with Crippen LogP contribution < -0.4 is 5.11 Å². The summed E-state index contributed by atoms with van der Waals surface area (Å²) in [5.74, 6) is -0.875. The number of esters is 2. The van der Waals surface area contributed by atoms with Crippen molar-refractivity contribution in [2.45, 2.75) is 154 Å². The van der Waals surface area contributed by atoms with E-state index in [1.165, 1.54) is 81.8 Å². The van der Waals surface area contributed by atoms with E-state index in [0.29, 0.717) is 29.6 Å². The molecule has 3 unspecified atom stereocenters. The molecule has 3 fully saturated rings. The molecule has 8 heteroatoms. The highest BCUT2D eigenvalue weighted by Crippen LogP contribution is 2.47. The Morgan fingerprint density at radius 1 is 0.820 bits per heavy atom. The van der Waals surface area contributed by atoms with Crippen LogP contribution in [0.2, 0.25) is 0 Å². The van der Waals surface area contributed by atoms with Crippen LogP contribution >= 0.6 is 0 Å². The summed E-state index contributed by atoms with van der Waals surface area (Å²) >= 11 is 0. The van der Waals surface area contributed by atoms with E-state index < -0.39 is 24.3 Å². The summed E-state index contributed by atoms with van der Waals surface area (Å²) in [7, 11) is 0. The molecule has 0 radical (unpaired) electrons. The third-order valence-electron chi connectivity index (χ3n) is 11.2. The number of carboxylic acid groups (broad SMARTS) is 1.